The van der Waals surface area contributed by atoms with E-state index in [-0.39, 0.29) is 4.90 Å². The van der Waals surface area contributed by atoms with Crippen LogP contribution in [-0.4, -0.2) is 62.1 Å². The molecule has 0 amide bonds. The first-order chi connectivity index (χ1) is 17.0. The zero-order valence-corrected chi connectivity index (χ0v) is 22.7. The summed E-state index contributed by atoms with van der Waals surface area (Å²) in [6.07, 6.45) is 1.93. The fourth-order valence-electron chi connectivity index (χ4n) is 4.01. The topological polar surface area (TPSA) is 90.5 Å². The molecular formula is C26H33ClN6O2S. The second-order valence-electron chi connectivity index (χ2n) is 10.1. The van der Waals surface area contributed by atoms with Gasteiger partial charge in [-0.2, -0.15) is 0 Å². The van der Waals surface area contributed by atoms with E-state index in [0.29, 0.717) is 23.1 Å². The molecule has 1 fully saturated rings. The Kier molecular flexibility index (Phi) is 7.85. The number of nitrogens with one attached hydrogen (secondary N) is 2. The summed E-state index contributed by atoms with van der Waals surface area (Å²) in [7, 11) is -1.49. The standard InChI is InChI=1S/C26H33ClN6O2S/c1-26(2,3)31-36(34,35)22-7-5-6-19(16-22)17-24-23(27)18-28-25(30-24)29-20-8-10-21(11-9-20)33-14-12-32(4)13-15-33/h5-11,16,18,31H,12-15,17H2,1-4H3,(H,28,29,30). The second-order valence-corrected chi connectivity index (χ2v) is 12.2. The summed E-state index contributed by atoms with van der Waals surface area (Å²) in [5.41, 5.74) is 2.90. The van der Waals surface area contributed by atoms with Crippen LogP contribution >= 0.6 is 11.6 Å². The van der Waals surface area contributed by atoms with Gasteiger partial charge in [-0.05, 0) is 69.8 Å². The van der Waals surface area contributed by atoms with Crippen molar-refractivity contribution in [2.45, 2.75) is 37.6 Å². The van der Waals surface area contributed by atoms with Gasteiger partial charge in [0.25, 0.3) is 0 Å². The smallest absolute Gasteiger partial charge is 0.241 e. The summed E-state index contributed by atoms with van der Waals surface area (Å²) >= 11 is 6.39. The highest BCUT2D eigenvalue weighted by atomic mass is 35.5. The van der Waals surface area contributed by atoms with E-state index >= 15 is 0 Å². The molecule has 1 aliphatic rings. The molecule has 2 aromatic carbocycles. The lowest BCUT2D eigenvalue weighted by Gasteiger charge is -2.34. The third-order valence-electron chi connectivity index (χ3n) is 5.83. The van der Waals surface area contributed by atoms with Crippen molar-refractivity contribution in [3.8, 4) is 0 Å². The minimum atomic E-state index is -3.64. The Bertz CT molecular complexity index is 1300. The second kappa shape index (κ2) is 10.7. The molecule has 4 rings (SSSR count). The van der Waals surface area contributed by atoms with Crippen LogP contribution < -0.4 is 14.9 Å². The normalized spacial score (nSPS) is 15.2. The van der Waals surface area contributed by atoms with Gasteiger partial charge in [-0.25, -0.2) is 23.1 Å². The van der Waals surface area contributed by atoms with Crippen LogP contribution in [0, 0.1) is 0 Å². The van der Waals surface area contributed by atoms with E-state index in [2.05, 4.69) is 49.0 Å². The highest BCUT2D eigenvalue weighted by molar-refractivity contribution is 7.89. The summed E-state index contributed by atoms with van der Waals surface area (Å²) in [6, 6.07) is 15.0. The Morgan fingerprint density at radius 1 is 1.03 bits per heavy atom. The molecule has 2 N–H and O–H groups in total. The van der Waals surface area contributed by atoms with Gasteiger partial charge in [0.2, 0.25) is 16.0 Å². The molecule has 36 heavy (non-hydrogen) atoms. The third kappa shape index (κ3) is 6.94. The monoisotopic (exact) mass is 528 g/mol. The molecule has 0 atom stereocenters. The van der Waals surface area contributed by atoms with Crippen molar-refractivity contribution in [2.24, 2.45) is 0 Å². The summed E-state index contributed by atoms with van der Waals surface area (Å²) in [5, 5.41) is 3.67. The molecule has 0 aliphatic carbocycles. The molecule has 0 bridgehead atoms. The van der Waals surface area contributed by atoms with Crippen LogP contribution in [0.3, 0.4) is 0 Å². The maximum absolute atomic E-state index is 12.7. The summed E-state index contributed by atoms with van der Waals surface area (Å²) in [5.74, 6) is 0.430. The maximum Gasteiger partial charge on any atom is 0.241 e. The van der Waals surface area contributed by atoms with Crippen LogP contribution in [0.15, 0.2) is 59.6 Å². The Labute approximate surface area is 218 Å². The first-order valence-corrected chi connectivity index (χ1v) is 13.8. The molecular weight excluding hydrogens is 496 g/mol. The average molecular weight is 529 g/mol. The number of hydrogen-bond donors (Lipinski definition) is 2. The van der Waals surface area contributed by atoms with Crippen molar-refractivity contribution >= 4 is 38.9 Å². The summed E-state index contributed by atoms with van der Waals surface area (Å²) < 4.78 is 28.2. The number of aromatic nitrogens is 2. The largest absolute Gasteiger partial charge is 0.369 e. The van der Waals surface area contributed by atoms with Crippen LogP contribution in [0.4, 0.5) is 17.3 Å². The molecule has 0 unspecified atom stereocenters. The van der Waals surface area contributed by atoms with Crippen LogP contribution in [-0.2, 0) is 16.4 Å². The van der Waals surface area contributed by atoms with Crippen LogP contribution in [0.2, 0.25) is 5.02 Å². The number of rotatable bonds is 7. The van der Waals surface area contributed by atoms with E-state index in [4.69, 9.17) is 11.6 Å². The molecule has 0 saturated carbocycles. The number of nitrogens with zero attached hydrogens (tertiary/aromatic N) is 4. The quantitative estimate of drug-likeness (QED) is 0.472. The number of sulfonamides is 1. The van der Waals surface area contributed by atoms with Crippen molar-refractivity contribution in [3.63, 3.8) is 0 Å². The van der Waals surface area contributed by atoms with E-state index in [1.54, 1.807) is 24.4 Å². The van der Waals surface area contributed by atoms with E-state index in [0.717, 1.165) is 37.4 Å². The van der Waals surface area contributed by atoms with Crippen molar-refractivity contribution < 1.29 is 8.42 Å². The molecule has 0 radical (unpaired) electrons. The zero-order valence-electron chi connectivity index (χ0n) is 21.1. The number of likely N-dealkylation sites (N-methyl/N-ethyl adjacent to an activating group) is 1. The van der Waals surface area contributed by atoms with Crippen LogP contribution in [0.5, 0.6) is 0 Å². The van der Waals surface area contributed by atoms with Crippen molar-refractivity contribution in [1.82, 2.24) is 19.6 Å². The molecule has 1 saturated heterocycles. The van der Waals surface area contributed by atoms with E-state index in [9.17, 15) is 8.42 Å². The lowest BCUT2D eigenvalue weighted by Crippen LogP contribution is -2.44. The predicted molar refractivity (Wildman–Crippen MR) is 146 cm³/mol. The number of hydrogen-bond acceptors (Lipinski definition) is 7. The highest BCUT2D eigenvalue weighted by Gasteiger charge is 2.22. The van der Waals surface area contributed by atoms with Gasteiger partial charge < -0.3 is 15.1 Å². The summed E-state index contributed by atoms with van der Waals surface area (Å²) in [4.78, 5) is 13.8. The first-order valence-electron chi connectivity index (χ1n) is 11.9. The molecule has 0 spiro atoms. The number of benzene rings is 2. The molecule has 1 aliphatic heterocycles. The fourth-order valence-corrected chi connectivity index (χ4v) is 5.66. The summed E-state index contributed by atoms with van der Waals surface area (Å²) in [6.45, 7) is 9.58. The van der Waals surface area contributed by atoms with E-state index < -0.39 is 15.6 Å². The maximum atomic E-state index is 12.7. The van der Waals surface area contributed by atoms with Gasteiger partial charge >= 0.3 is 0 Å². The minimum Gasteiger partial charge on any atom is -0.369 e. The van der Waals surface area contributed by atoms with Crippen molar-refractivity contribution in [1.29, 1.82) is 0 Å². The average Bonchev–Trinajstić information content (AvgIpc) is 2.81. The predicted octanol–water partition coefficient (Wildman–Crippen LogP) is 4.29. The third-order valence-corrected chi connectivity index (χ3v) is 7.90. The zero-order chi connectivity index (χ0) is 25.9. The Morgan fingerprint density at radius 3 is 2.39 bits per heavy atom. The van der Waals surface area contributed by atoms with Gasteiger partial charge in [0.15, 0.2) is 0 Å². The van der Waals surface area contributed by atoms with Gasteiger partial charge in [0.1, 0.15) is 0 Å². The Balaban J connectivity index is 1.47. The molecule has 8 nitrogen and oxygen atoms in total. The molecule has 3 aromatic rings. The van der Waals surface area contributed by atoms with Crippen molar-refractivity contribution in [3.05, 3.63) is 71.0 Å². The fraction of sp³-hybridized carbons (Fsp3) is 0.385. The number of anilines is 3. The van der Waals surface area contributed by atoms with E-state index in [1.807, 2.05) is 39.0 Å². The SMILES string of the molecule is CN1CCN(c2ccc(Nc3ncc(Cl)c(Cc4cccc(S(=O)(=O)NC(C)(C)C)c4)n3)cc2)CC1. The van der Waals surface area contributed by atoms with Gasteiger partial charge in [-0.15, -0.1) is 0 Å². The van der Waals surface area contributed by atoms with Crippen LogP contribution in [0.1, 0.15) is 32.0 Å². The number of piperazine rings is 1. The van der Waals surface area contributed by atoms with Gasteiger partial charge in [0, 0.05) is 49.5 Å². The van der Waals surface area contributed by atoms with Gasteiger partial charge in [-0.3, -0.25) is 0 Å². The number of halogens is 1. The molecule has 10 heteroatoms. The molecule has 1 aromatic heterocycles. The highest BCUT2D eigenvalue weighted by Crippen LogP contribution is 2.24. The molecule has 2 heterocycles. The Morgan fingerprint density at radius 2 is 1.72 bits per heavy atom. The van der Waals surface area contributed by atoms with Crippen LogP contribution in [0.25, 0.3) is 0 Å². The van der Waals surface area contributed by atoms with Crippen molar-refractivity contribution in [2.75, 3.05) is 43.4 Å². The minimum absolute atomic E-state index is 0.207. The first kappa shape index (κ1) is 26.3. The lowest BCUT2D eigenvalue weighted by atomic mass is 10.1. The van der Waals surface area contributed by atoms with E-state index in [1.165, 1.54) is 5.69 Å². The van der Waals surface area contributed by atoms with Gasteiger partial charge in [-0.1, -0.05) is 23.7 Å². The Hall–Kier alpha value is -2.72. The molecule has 192 valence electrons. The van der Waals surface area contributed by atoms with Gasteiger partial charge in [0.05, 0.1) is 21.8 Å². The lowest BCUT2D eigenvalue weighted by molar-refractivity contribution is 0.313.